The molecule has 1 atom stereocenters. The SMILES string of the molecule is C=C(C)c1c(C(C)(C)OC(C)(C)C(C)(C)O)cc2c(C(C)(C)OC(C)(C)C(O)(C(F)(F)F)C(F)(F)F)cc(C(C)(C)OC(C)(C)C(O)(C(F)(F)F)C(F)(F)F)cc2c1C(C)(C)OC(C)(C)C(C)(O)C(F)(F)F. The summed E-state index contributed by atoms with van der Waals surface area (Å²) >= 11 is 0. The molecule has 0 amide bonds. The lowest BCUT2D eigenvalue weighted by Gasteiger charge is -2.49. The first kappa shape index (κ1) is 65.2. The fourth-order valence-corrected chi connectivity index (χ4v) is 9.06. The third-order valence-corrected chi connectivity index (χ3v) is 13.9. The van der Waals surface area contributed by atoms with Crippen molar-refractivity contribution in [2.24, 2.45) is 0 Å². The minimum atomic E-state index is -6.50. The fourth-order valence-electron chi connectivity index (χ4n) is 9.06. The molecule has 0 aromatic heterocycles. The van der Waals surface area contributed by atoms with E-state index in [0.29, 0.717) is 6.92 Å². The van der Waals surface area contributed by atoms with E-state index in [1.54, 1.807) is 0 Å². The average Bonchev–Trinajstić information content (AvgIpc) is 3.07. The number of rotatable bonds is 17. The van der Waals surface area contributed by atoms with Crippen molar-refractivity contribution in [1.82, 2.24) is 0 Å². The van der Waals surface area contributed by atoms with Crippen molar-refractivity contribution in [2.45, 2.75) is 237 Å². The number of allylic oxidation sites excluding steroid dienone is 1. The molecule has 0 radical (unpaired) electrons. The summed E-state index contributed by atoms with van der Waals surface area (Å²) in [6, 6.07) is 3.24. The predicted molar refractivity (Wildman–Crippen MR) is 239 cm³/mol. The van der Waals surface area contributed by atoms with Gasteiger partial charge in [0.1, 0.15) is 16.8 Å². The second kappa shape index (κ2) is 18.1. The topological polar surface area (TPSA) is 118 Å². The maximum atomic E-state index is 14.6. The van der Waals surface area contributed by atoms with E-state index in [1.807, 2.05) is 0 Å². The molecule has 0 heterocycles. The molecule has 0 saturated heterocycles. The molecule has 1 unspecified atom stereocenters. The highest BCUT2D eigenvalue weighted by molar-refractivity contribution is 5.96. The van der Waals surface area contributed by atoms with Crippen LogP contribution in [0, 0.1) is 0 Å². The zero-order valence-electron chi connectivity index (χ0n) is 44.0. The Labute approximate surface area is 410 Å². The van der Waals surface area contributed by atoms with Crippen LogP contribution in [0.2, 0.25) is 0 Å². The first-order valence-electron chi connectivity index (χ1n) is 22.2. The first-order valence-corrected chi connectivity index (χ1v) is 22.2. The molecule has 2 aromatic carbocycles. The number of ether oxygens (including phenoxy) is 4. The van der Waals surface area contributed by atoms with Crippen molar-refractivity contribution >= 4 is 16.3 Å². The van der Waals surface area contributed by atoms with Gasteiger partial charge in [-0.25, -0.2) is 0 Å². The highest BCUT2D eigenvalue weighted by Crippen LogP contribution is 2.57. The van der Waals surface area contributed by atoms with Gasteiger partial charge < -0.3 is 39.4 Å². The third kappa shape index (κ3) is 11.1. The molecule has 0 aliphatic carbocycles. The minimum Gasteiger partial charge on any atom is -0.387 e. The number of benzene rings is 2. The Hall–Kier alpha value is -2.93. The van der Waals surface area contributed by atoms with Crippen LogP contribution >= 0.6 is 0 Å². The van der Waals surface area contributed by atoms with Crippen molar-refractivity contribution in [2.75, 3.05) is 0 Å². The summed E-state index contributed by atoms with van der Waals surface area (Å²) in [4.78, 5) is 0. The van der Waals surface area contributed by atoms with Crippen LogP contribution in [0.15, 0.2) is 24.8 Å². The maximum absolute atomic E-state index is 14.6. The monoisotopic (exact) mass is 1070 g/mol. The van der Waals surface area contributed by atoms with Crippen molar-refractivity contribution in [3.63, 3.8) is 0 Å². The van der Waals surface area contributed by atoms with Gasteiger partial charge in [0, 0.05) is 0 Å². The number of hydrogen-bond donors (Lipinski definition) is 4. The van der Waals surface area contributed by atoms with E-state index in [0.717, 1.165) is 53.7 Å². The molecule has 2 rings (SSSR count). The highest BCUT2D eigenvalue weighted by Gasteiger charge is 2.79. The van der Waals surface area contributed by atoms with Crippen LogP contribution in [0.4, 0.5) is 65.9 Å². The second-order valence-corrected chi connectivity index (χ2v) is 23.1. The highest BCUT2D eigenvalue weighted by atomic mass is 19.4. The van der Waals surface area contributed by atoms with E-state index in [4.69, 9.17) is 18.9 Å². The largest absolute Gasteiger partial charge is 0.429 e. The molecule has 8 nitrogen and oxygen atoms in total. The van der Waals surface area contributed by atoms with Gasteiger partial charge in [-0.05, 0) is 195 Å². The lowest BCUT2D eigenvalue weighted by Crippen LogP contribution is -2.70. The van der Waals surface area contributed by atoms with Crippen LogP contribution in [0.1, 0.15) is 166 Å². The zero-order chi connectivity index (χ0) is 58.1. The Morgan fingerprint density at radius 1 is 0.389 bits per heavy atom. The summed E-state index contributed by atoms with van der Waals surface area (Å²) < 4.78 is 242. The standard InChI is InChI=1S/C49H69F15O8/c1-25(2)31-30(35(7,8)70-38(13,14)37(11,12)65)24-27-28(32(31)36(9,10)72-39(15,16)42(21,66)45(50,51)52)22-26(33(3,4)69-40(17,18)43(67,46(53,54)55)47(56,57)58)23-29(27)34(5,6)71-41(19,20)44(68,48(59,60)61)49(62,63)64/h22-24,65-68H,1H2,2-21H3. The van der Waals surface area contributed by atoms with Crippen molar-refractivity contribution in [1.29, 1.82) is 0 Å². The van der Waals surface area contributed by atoms with Crippen molar-refractivity contribution in [3.8, 4) is 0 Å². The molecule has 0 aliphatic heterocycles. The van der Waals surface area contributed by atoms with Gasteiger partial charge in [-0.1, -0.05) is 12.2 Å². The van der Waals surface area contributed by atoms with Crippen LogP contribution in [0.25, 0.3) is 16.3 Å². The van der Waals surface area contributed by atoms with E-state index in [-0.39, 0.29) is 60.7 Å². The molecule has 72 heavy (non-hydrogen) atoms. The zero-order valence-corrected chi connectivity index (χ0v) is 44.0. The van der Waals surface area contributed by atoms with Crippen LogP contribution in [0.3, 0.4) is 0 Å². The van der Waals surface area contributed by atoms with Gasteiger partial charge in [0.25, 0.3) is 11.2 Å². The molecule has 0 fully saturated rings. The Kier molecular flexibility index (Phi) is 16.4. The number of halogens is 15. The van der Waals surface area contributed by atoms with Crippen LogP contribution < -0.4 is 0 Å². The Balaban J connectivity index is 3.74. The molecule has 0 bridgehead atoms. The fraction of sp³-hybridized carbons (Fsp3) is 0.755. The molecule has 23 heteroatoms. The number of fused-ring (bicyclic) bond motifs is 1. The van der Waals surface area contributed by atoms with Gasteiger partial charge in [0.15, 0.2) is 5.60 Å². The van der Waals surface area contributed by atoms with Crippen molar-refractivity contribution < 1.29 is 105 Å². The van der Waals surface area contributed by atoms with Crippen LogP contribution in [0.5, 0.6) is 0 Å². The van der Waals surface area contributed by atoms with Gasteiger partial charge in [0.2, 0.25) is 0 Å². The smallest absolute Gasteiger partial charge is 0.387 e. The second-order valence-electron chi connectivity index (χ2n) is 23.1. The van der Waals surface area contributed by atoms with Gasteiger partial charge >= 0.3 is 30.9 Å². The third-order valence-electron chi connectivity index (χ3n) is 13.9. The molecule has 0 saturated carbocycles. The first-order chi connectivity index (χ1) is 30.8. The lowest BCUT2D eigenvalue weighted by atomic mass is 9.74. The van der Waals surface area contributed by atoms with Gasteiger partial charge in [-0.15, -0.1) is 0 Å². The molecular weight excluding hydrogens is 1000 g/mol. The van der Waals surface area contributed by atoms with E-state index >= 15 is 0 Å². The minimum absolute atomic E-state index is 0.00454. The summed E-state index contributed by atoms with van der Waals surface area (Å²) in [5, 5.41) is 42.9. The number of hydrogen-bond acceptors (Lipinski definition) is 8. The van der Waals surface area contributed by atoms with Crippen molar-refractivity contribution in [3.05, 3.63) is 52.6 Å². The maximum Gasteiger partial charge on any atom is 0.429 e. The van der Waals surface area contributed by atoms with Gasteiger partial charge in [-0.2, -0.15) is 65.9 Å². The van der Waals surface area contributed by atoms with Gasteiger partial charge in [0.05, 0.1) is 33.6 Å². The quantitative estimate of drug-likeness (QED) is 0.116. The molecule has 0 aliphatic rings. The Morgan fingerprint density at radius 3 is 1.03 bits per heavy atom. The molecule has 2 aromatic rings. The van der Waals surface area contributed by atoms with E-state index < -0.39 is 109 Å². The summed E-state index contributed by atoms with van der Waals surface area (Å²) in [5.74, 6) is 0. The lowest BCUT2D eigenvalue weighted by molar-refractivity contribution is -0.421. The Morgan fingerprint density at radius 2 is 0.708 bits per heavy atom. The number of alkyl halides is 15. The predicted octanol–water partition coefficient (Wildman–Crippen LogP) is 13.8. The molecule has 4 N–H and O–H groups in total. The normalized spacial score (nSPS) is 16.7. The molecule has 0 spiro atoms. The number of aliphatic hydroxyl groups is 4. The molecule has 418 valence electrons. The van der Waals surface area contributed by atoms with Gasteiger partial charge in [-0.3, -0.25) is 0 Å². The summed E-state index contributed by atoms with van der Waals surface area (Å²) in [7, 11) is 0. The Bertz CT molecular complexity index is 2310. The van der Waals surface area contributed by atoms with E-state index in [1.165, 1.54) is 68.4 Å². The summed E-state index contributed by atoms with van der Waals surface area (Å²) in [6.45, 7) is 23.3. The average molecular weight is 1070 g/mol. The van der Waals surface area contributed by atoms with E-state index in [2.05, 4.69) is 6.58 Å². The summed E-state index contributed by atoms with van der Waals surface area (Å²) in [5.41, 5.74) is -38.7. The van der Waals surface area contributed by atoms with Crippen LogP contribution in [-0.2, 0) is 41.4 Å². The summed E-state index contributed by atoms with van der Waals surface area (Å²) in [6.07, 6.45) is -31.3. The molecular formula is C49H69F15O8. The van der Waals surface area contributed by atoms with Crippen LogP contribution in [-0.4, -0.2) is 96.1 Å². The van der Waals surface area contributed by atoms with E-state index in [9.17, 15) is 86.3 Å².